The number of nitro groups is 1. The van der Waals surface area contributed by atoms with E-state index in [2.05, 4.69) is 9.71 Å². The average Bonchev–Trinajstić information content (AvgIpc) is 2.66. The van der Waals surface area contributed by atoms with E-state index in [0.717, 1.165) is 0 Å². The fourth-order valence-electron chi connectivity index (χ4n) is 3.73. The first-order valence-electron chi connectivity index (χ1n) is 10.1. The predicted octanol–water partition coefficient (Wildman–Crippen LogP) is 2.50. The Morgan fingerprint density at radius 1 is 1.28 bits per heavy atom. The van der Waals surface area contributed by atoms with Gasteiger partial charge in [0.05, 0.1) is 11.0 Å². The molecule has 2 unspecified atom stereocenters. The molecule has 174 valence electrons. The summed E-state index contributed by atoms with van der Waals surface area (Å²) >= 11 is 0. The molecule has 0 saturated heterocycles. The highest BCUT2D eigenvalue weighted by atomic mass is 32.2. The molecule has 32 heavy (non-hydrogen) atoms. The minimum Gasteiger partial charge on any atom is -0.462 e. The summed E-state index contributed by atoms with van der Waals surface area (Å²) in [6.45, 7) is 8.20. The van der Waals surface area contributed by atoms with Crippen molar-refractivity contribution in [1.82, 2.24) is 4.72 Å². The molecule has 0 aromatic heterocycles. The summed E-state index contributed by atoms with van der Waals surface area (Å²) in [5.74, 6) is -4.24. The molecule has 10 nitrogen and oxygen atoms in total. The van der Waals surface area contributed by atoms with Gasteiger partial charge in [0.15, 0.2) is 5.78 Å². The molecule has 0 fully saturated rings. The molecular formula is C21H27N3O7S. The molecule has 1 aromatic carbocycles. The number of carbonyl (C=O) groups excluding carboxylic acids is 2. The van der Waals surface area contributed by atoms with E-state index >= 15 is 0 Å². The van der Waals surface area contributed by atoms with E-state index in [4.69, 9.17) is 4.74 Å². The number of allylic oxidation sites excluding steroid dienone is 2. The largest absolute Gasteiger partial charge is 0.462 e. The number of esters is 1. The first-order chi connectivity index (χ1) is 14.9. The minimum atomic E-state index is -3.91. The SMILES string of the molecule is CCNS(=O)(=O)CC(=O)C1=C(C)N=C(C)C(C(=O)OC(C)C)C1c1cccc([N+](=O)[O-])c1. The summed E-state index contributed by atoms with van der Waals surface area (Å²) in [5, 5.41) is 11.3. The number of nitrogens with one attached hydrogen (secondary N) is 1. The zero-order valence-electron chi connectivity index (χ0n) is 18.6. The molecule has 11 heteroatoms. The maximum atomic E-state index is 13.2. The van der Waals surface area contributed by atoms with Gasteiger partial charge in [-0.15, -0.1) is 0 Å². The van der Waals surface area contributed by atoms with Gasteiger partial charge in [-0.05, 0) is 33.3 Å². The van der Waals surface area contributed by atoms with E-state index in [1.165, 1.54) is 18.2 Å². The van der Waals surface area contributed by atoms with E-state index in [1.807, 2.05) is 0 Å². The number of hydrogen-bond acceptors (Lipinski definition) is 8. The Bertz CT molecular complexity index is 1090. The molecule has 0 spiro atoms. The molecule has 0 aliphatic carbocycles. The molecule has 1 aliphatic heterocycles. The van der Waals surface area contributed by atoms with Crippen LogP contribution in [-0.2, 0) is 24.3 Å². The smallest absolute Gasteiger partial charge is 0.315 e. The first-order valence-corrected chi connectivity index (χ1v) is 11.7. The second kappa shape index (κ2) is 10.1. The molecule has 0 amide bonds. The lowest BCUT2D eigenvalue weighted by Crippen LogP contribution is -2.39. The molecular weight excluding hydrogens is 438 g/mol. The van der Waals surface area contributed by atoms with E-state index in [-0.39, 0.29) is 23.5 Å². The van der Waals surface area contributed by atoms with E-state index in [9.17, 15) is 28.1 Å². The van der Waals surface area contributed by atoms with Crippen molar-refractivity contribution in [2.45, 2.75) is 46.6 Å². The van der Waals surface area contributed by atoms with Crippen molar-refractivity contribution in [2.75, 3.05) is 12.3 Å². The number of Topliss-reactive ketones (excluding diaryl/α,β-unsaturated/α-hetero) is 1. The van der Waals surface area contributed by atoms with Crippen LogP contribution >= 0.6 is 0 Å². The molecule has 1 aliphatic rings. The summed E-state index contributed by atoms with van der Waals surface area (Å²) in [5.41, 5.74) is 0.745. The Hall–Kier alpha value is -2.92. The average molecular weight is 466 g/mol. The second-order valence-electron chi connectivity index (χ2n) is 7.73. The molecule has 1 heterocycles. The maximum absolute atomic E-state index is 13.2. The Balaban J connectivity index is 2.68. The van der Waals surface area contributed by atoms with Gasteiger partial charge in [0.1, 0.15) is 11.7 Å². The van der Waals surface area contributed by atoms with Gasteiger partial charge in [0.25, 0.3) is 5.69 Å². The zero-order chi connectivity index (χ0) is 24.2. The summed E-state index contributed by atoms with van der Waals surface area (Å²) < 4.78 is 32.1. The first kappa shape index (κ1) is 25.3. The number of non-ortho nitro benzene ring substituents is 1. The van der Waals surface area contributed by atoms with Crippen LogP contribution in [0.15, 0.2) is 40.5 Å². The third-order valence-electron chi connectivity index (χ3n) is 4.86. The van der Waals surface area contributed by atoms with Gasteiger partial charge in [0, 0.05) is 41.6 Å². The molecule has 2 atom stereocenters. The fourth-order valence-corrected chi connectivity index (χ4v) is 4.77. The van der Waals surface area contributed by atoms with Crippen molar-refractivity contribution >= 4 is 33.2 Å². The van der Waals surface area contributed by atoms with Crippen molar-refractivity contribution in [3.63, 3.8) is 0 Å². The van der Waals surface area contributed by atoms with Crippen molar-refractivity contribution in [1.29, 1.82) is 0 Å². The van der Waals surface area contributed by atoms with Gasteiger partial charge in [0.2, 0.25) is 10.0 Å². The fraction of sp³-hybridized carbons (Fsp3) is 0.476. The quantitative estimate of drug-likeness (QED) is 0.335. The Morgan fingerprint density at radius 2 is 1.94 bits per heavy atom. The number of nitrogens with zero attached hydrogens (tertiary/aromatic N) is 2. The van der Waals surface area contributed by atoms with Gasteiger partial charge < -0.3 is 4.74 Å². The standard InChI is InChI=1S/C21H27N3O7S/c1-6-22-32(29,30)11-17(25)18-13(4)23-14(5)19(21(26)31-12(2)3)20(18)15-8-7-9-16(10-15)24(27)28/h7-10,12,19-20,22H,6,11H2,1-5H3. The third kappa shape index (κ3) is 5.86. The molecule has 0 bridgehead atoms. The molecule has 0 saturated carbocycles. The number of aliphatic imine (C=N–C) groups is 1. The molecule has 1 N–H and O–H groups in total. The normalized spacial score (nSPS) is 19.0. The van der Waals surface area contributed by atoms with Crippen molar-refractivity contribution in [2.24, 2.45) is 10.9 Å². The zero-order valence-corrected chi connectivity index (χ0v) is 19.4. The maximum Gasteiger partial charge on any atom is 0.315 e. The van der Waals surface area contributed by atoms with Crippen LogP contribution in [0, 0.1) is 16.0 Å². The van der Waals surface area contributed by atoms with Crippen LogP contribution in [-0.4, -0.2) is 49.2 Å². The Morgan fingerprint density at radius 3 is 2.50 bits per heavy atom. The number of carbonyl (C=O) groups is 2. The van der Waals surface area contributed by atoms with Gasteiger partial charge >= 0.3 is 5.97 Å². The van der Waals surface area contributed by atoms with Gasteiger partial charge in [-0.1, -0.05) is 19.1 Å². The number of benzene rings is 1. The van der Waals surface area contributed by atoms with Gasteiger partial charge in [-0.2, -0.15) is 0 Å². The summed E-state index contributed by atoms with van der Waals surface area (Å²) in [6.07, 6.45) is -0.443. The van der Waals surface area contributed by atoms with E-state index in [0.29, 0.717) is 11.3 Å². The number of rotatable bonds is 9. The number of hydrogen-bond donors (Lipinski definition) is 1. The highest BCUT2D eigenvalue weighted by molar-refractivity contribution is 7.90. The monoisotopic (exact) mass is 465 g/mol. The lowest BCUT2D eigenvalue weighted by atomic mass is 9.74. The van der Waals surface area contributed by atoms with E-state index in [1.54, 1.807) is 40.7 Å². The van der Waals surface area contributed by atoms with Crippen LogP contribution in [0.25, 0.3) is 0 Å². The van der Waals surface area contributed by atoms with Crippen LogP contribution in [0.3, 0.4) is 0 Å². The van der Waals surface area contributed by atoms with Gasteiger partial charge in [-0.3, -0.25) is 24.7 Å². The molecule has 0 radical (unpaired) electrons. The highest BCUT2D eigenvalue weighted by Gasteiger charge is 2.43. The lowest BCUT2D eigenvalue weighted by Gasteiger charge is -2.32. The second-order valence-corrected chi connectivity index (χ2v) is 9.53. The summed E-state index contributed by atoms with van der Waals surface area (Å²) in [4.78, 5) is 41.2. The number of sulfonamides is 1. The number of nitro benzene ring substituents is 1. The third-order valence-corrected chi connectivity index (χ3v) is 6.23. The van der Waals surface area contributed by atoms with E-state index < -0.39 is 50.4 Å². The predicted molar refractivity (Wildman–Crippen MR) is 119 cm³/mol. The lowest BCUT2D eigenvalue weighted by molar-refractivity contribution is -0.384. The van der Waals surface area contributed by atoms with Crippen LogP contribution in [0.5, 0.6) is 0 Å². The molecule has 2 rings (SSSR count). The van der Waals surface area contributed by atoms with Crippen molar-refractivity contribution in [3.05, 3.63) is 51.2 Å². The van der Waals surface area contributed by atoms with Crippen molar-refractivity contribution < 1.29 is 27.7 Å². The van der Waals surface area contributed by atoms with Crippen LogP contribution in [0.4, 0.5) is 5.69 Å². The number of ketones is 1. The Labute approximate surface area is 187 Å². The number of ether oxygens (including phenoxy) is 1. The van der Waals surface area contributed by atoms with Crippen LogP contribution in [0.1, 0.15) is 46.1 Å². The molecule has 1 aromatic rings. The van der Waals surface area contributed by atoms with Crippen LogP contribution < -0.4 is 4.72 Å². The van der Waals surface area contributed by atoms with Crippen LogP contribution in [0.2, 0.25) is 0 Å². The summed E-state index contributed by atoms with van der Waals surface area (Å²) in [7, 11) is -3.91. The highest BCUT2D eigenvalue weighted by Crippen LogP contribution is 2.41. The Kier molecular flexibility index (Phi) is 8.02. The van der Waals surface area contributed by atoms with Gasteiger partial charge in [-0.25, -0.2) is 13.1 Å². The van der Waals surface area contributed by atoms with Crippen molar-refractivity contribution in [3.8, 4) is 0 Å². The summed E-state index contributed by atoms with van der Waals surface area (Å²) in [6, 6.07) is 5.58. The topological polar surface area (TPSA) is 145 Å². The minimum absolute atomic E-state index is 0.0169.